The summed E-state index contributed by atoms with van der Waals surface area (Å²) in [5.74, 6) is 0.476. The van der Waals surface area contributed by atoms with Crippen LogP contribution in [0.2, 0.25) is 0 Å². The average Bonchev–Trinajstić information content (AvgIpc) is 2.30. The molecule has 0 amide bonds. The van der Waals surface area contributed by atoms with Gasteiger partial charge in [-0.3, -0.25) is 0 Å². The highest BCUT2D eigenvalue weighted by atomic mass is 19.1. The van der Waals surface area contributed by atoms with E-state index in [1.165, 1.54) is 6.07 Å². The Kier molecular flexibility index (Phi) is 3.67. The van der Waals surface area contributed by atoms with Gasteiger partial charge in [0.2, 0.25) is 0 Å². The van der Waals surface area contributed by atoms with Crippen molar-refractivity contribution in [2.45, 2.75) is 39.3 Å². The van der Waals surface area contributed by atoms with E-state index in [0.29, 0.717) is 23.2 Å². The van der Waals surface area contributed by atoms with Crippen molar-refractivity contribution in [2.24, 2.45) is 5.92 Å². The number of nitrogens with zero attached hydrogens (tertiary/aromatic N) is 1. The van der Waals surface area contributed by atoms with Gasteiger partial charge in [0.05, 0.1) is 12.3 Å². The summed E-state index contributed by atoms with van der Waals surface area (Å²) >= 11 is 0. The summed E-state index contributed by atoms with van der Waals surface area (Å²) in [6.45, 7) is 5.13. The molecule has 2 nitrogen and oxygen atoms in total. The highest BCUT2D eigenvalue weighted by molar-refractivity contribution is 5.55. The van der Waals surface area contributed by atoms with Gasteiger partial charge in [0.15, 0.2) is 0 Å². The fraction of sp³-hybridized carbons (Fsp3) is 0.571. The third kappa shape index (κ3) is 2.44. The lowest BCUT2D eigenvalue weighted by molar-refractivity contribution is 0.280. The van der Waals surface area contributed by atoms with Crippen molar-refractivity contribution in [2.75, 3.05) is 11.4 Å². The molecule has 1 fully saturated rings. The molecule has 0 radical (unpaired) electrons. The van der Waals surface area contributed by atoms with E-state index in [9.17, 15) is 9.50 Å². The Morgan fingerprint density at radius 3 is 2.82 bits per heavy atom. The lowest BCUT2D eigenvalue weighted by atomic mass is 9.92. The van der Waals surface area contributed by atoms with E-state index in [4.69, 9.17) is 0 Å². The number of rotatable bonds is 2. The van der Waals surface area contributed by atoms with Gasteiger partial charge >= 0.3 is 0 Å². The summed E-state index contributed by atoms with van der Waals surface area (Å²) in [5, 5.41) is 9.32. The number of hydrogen-bond donors (Lipinski definition) is 1. The van der Waals surface area contributed by atoms with Gasteiger partial charge in [-0.2, -0.15) is 0 Å². The van der Waals surface area contributed by atoms with Crippen LogP contribution < -0.4 is 4.90 Å². The Bertz CT molecular complexity index is 394. The minimum atomic E-state index is -0.224. The first-order chi connectivity index (χ1) is 8.13. The monoisotopic (exact) mass is 237 g/mol. The molecule has 1 aromatic carbocycles. The van der Waals surface area contributed by atoms with Crippen LogP contribution in [0.25, 0.3) is 0 Å². The summed E-state index contributed by atoms with van der Waals surface area (Å²) in [6.07, 6.45) is 2.17. The summed E-state index contributed by atoms with van der Waals surface area (Å²) < 4.78 is 13.9. The molecule has 3 heteroatoms. The van der Waals surface area contributed by atoms with Crippen LogP contribution >= 0.6 is 0 Å². The van der Waals surface area contributed by atoms with Crippen LogP contribution in [0.3, 0.4) is 0 Å². The molecule has 0 bridgehead atoms. The molecule has 1 N–H and O–H groups in total. The number of hydrogen-bond acceptors (Lipinski definition) is 2. The van der Waals surface area contributed by atoms with E-state index in [1.807, 2.05) is 0 Å². The number of para-hydroxylation sites is 1. The molecule has 94 valence electrons. The lowest BCUT2D eigenvalue weighted by Crippen LogP contribution is -2.41. The largest absolute Gasteiger partial charge is 0.392 e. The highest BCUT2D eigenvalue weighted by Gasteiger charge is 2.26. The van der Waals surface area contributed by atoms with Crippen LogP contribution in [0.1, 0.15) is 32.3 Å². The predicted molar refractivity (Wildman–Crippen MR) is 67.5 cm³/mol. The minimum Gasteiger partial charge on any atom is -0.392 e. The van der Waals surface area contributed by atoms with Crippen LogP contribution in [0.5, 0.6) is 0 Å². The van der Waals surface area contributed by atoms with E-state index >= 15 is 0 Å². The zero-order valence-electron chi connectivity index (χ0n) is 10.5. The fourth-order valence-electron chi connectivity index (χ4n) is 2.75. The van der Waals surface area contributed by atoms with Gasteiger partial charge < -0.3 is 10.0 Å². The normalized spacial score (nSPS) is 25.1. The quantitative estimate of drug-likeness (QED) is 0.855. The number of piperidine rings is 1. The molecule has 2 rings (SSSR count). The Morgan fingerprint density at radius 2 is 2.18 bits per heavy atom. The highest BCUT2D eigenvalue weighted by Crippen LogP contribution is 2.32. The molecule has 0 aromatic heterocycles. The van der Waals surface area contributed by atoms with Crippen LogP contribution in [0.15, 0.2) is 18.2 Å². The molecule has 2 atom stereocenters. The molecule has 2 unspecified atom stereocenters. The van der Waals surface area contributed by atoms with Gasteiger partial charge in [0.1, 0.15) is 5.82 Å². The van der Waals surface area contributed by atoms with Crippen molar-refractivity contribution in [1.82, 2.24) is 0 Å². The number of halogens is 1. The smallest absolute Gasteiger partial charge is 0.146 e. The second kappa shape index (κ2) is 5.05. The molecular weight excluding hydrogens is 217 g/mol. The Hall–Kier alpha value is -1.09. The molecule has 1 aliphatic rings. The molecule has 0 saturated carbocycles. The first kappa shape index (κ1) is 12.4. The van der Waals surface area contributed by atoms with Crippen molar-refractivity contribution in [3.8, 4) is 0 Å². The number of aliphatic hydroxyl groups is 1. The zero-order valence-corrected chi connectivity index (χ0v) is 10.5. The summed E-state index contributed by atoms with van der Waals surface area (Å²) in [5.41, 5.74) is 1.28. The van der Waals surface area contributed by atoms with Crippen LogP contribution in [-0.2, 0) is 6.61 Å². The molecule has 0 spiro atoms. The van der Waals surface area contributed by atoms with Crippen LogP contribution in [0.4, 0.5) is 10.1 Å². The summed E-state index contributed by atoms with van der Waals surface area (Å²) in [7, 11) is 0. The molecule has 1 aliphatic heterocycles. The van der Waals surface area contributed by atoms with Crippen molar-refractivity contribution in [3.05, 3.63) is 29.6 Å². The molecule has 1 saturated heterocycles. The first-order valence-corrected chi connectivity index (χ1v) is 6.28. The SMILES string of the molecule is CC1CCN(c2c(F)cccc2CO)C(C)C1. The number of benzene rings is 1. The van der Waals surface area contributed by atoms with Crippen molar-refractivity contribution in [3.63, 3.8) is 0 Å². The first-order valence-electron chi connectivity index (χ1n) is 6.28. The molecule has 0 aliphatic carbocycles. The van der Waals surface area contributed by atoms with Crippen molar-refractivity contribution in [1.29, 1.82) is 0 Å². The van der Waals surface area contributed by atoms with Gasteiger partial charge in [0, 0.05) is 18.2 Å². The maximum absolute atomic E-state index is 13.9. The van der Waals surface area contributed by atoms with Gasteiger partial charge in [0.25, 0.3) is 0 Å². The third-order valence-electron chi connectivity index (χ3n) is 3.67. The van der Waals surface area contributed by atoms with E-state index in [-0.39, 0.29) is 12.4 Å². The van der Waals surface area contributed by atoms with Gasteiger partial charge in [-0.1, -0.05) is 19.1 Å². The Labute approximate surface area is 102 Å². The van der Waals surface area contributed by atoms with E-state index < -0.39 is 0 Å². The second-order valence-electron chi connectivity index (χ2n) is 5.08. The van der Waals surface area contributed by atoms with E-state index in [1.54, 1.807) is 12.1 Å². The number of anilines is 1. The lowest BCUT2D eigenvalue weighted by Gasteiger charge is -2.39. The van der Waals surface area contributed by atoms with Gasteiger partial charge in [-0.25, -0.2) is 4.39 Å². The molecular formula is C14H20FNO. The van der Waals surface area contributed by atoms with Crippen molar-refractivity contribution < 1.29 is 9.50 Å². The fourth-order valence-corrected chi connectivity index (χ4v) is 2.75. The topological polar surface area (TPSA) is 23.5 Å². The number of aliphatic hydroxyl groups excluding tert-OH is 1. The van der Waals surface area contributed by atoms with E-state index in [0.717, 1.165) is 19.4 Å². The standard InChI is InChI=1S/C14H20FNO/c1-10-6-7-16(11(2)8-10)14-12(9-17)4-3-5-13(14)15/h3-5,10-11,17H,6-9H2,1-2H3. The van der Waals surface area contributed by atoms with E-state index in [2.05, 4.69) is 18.7 Å². The summed E-state index contributed by atoms with van der Waals surface area (Å²) in [6, 6.07) is 5.25. The maximum Gasteiger partial charge on any atom is 0.146 e. The van der Waals surface area contributed by atoms with Crippen LogP contribution in [-0.4, -0.2) is 17.7 Å². The Morgan fingerprint density at radius 1 is 1.41 bits per heavy atom. The minimum absolute atomic E-state index is 0.105. The zero-order chi connectivity index (χ0) is 12.4. The Balaban J connectivity index is 2.33. The summed E-state index contributed by atoms with van der Waals surface area (Å²) in [4.78, 5) is 2.10. The molecule has 1 heterocycles. The van der Waals surface area contributed by atoms with Gasteiger partial charge in [-0.05, 0) is 31.7 Å². The predicted octanol–water partition coefficient (Wildman–Crippen LogP) is 2.94. The van der Waals surface area contributed by atoms with Crippen molar-refractivity contribution >= 4 is 5.69 Å². The second-order valence-corrected chi connectivity index (χ2v) is 5.08. The van der Waals surface area contributed by atoms with Crippen LogP contribution in [0, 0.1) is 11.7 Å². The molecule has 17 heavy (non-hydrogen) atoms. The maximum atomic E-state index is 13.9. The third-order valence-corrected chi connectivity index (χ3v) is 3.67. The molecule has 1 aromatic rings. The van der Waals surface area contributed by atoms with Gasteiger partial charge in [-0.15, -0.1) is 0 Å². The average molecular weight is 237 g/mol.